The zero-order valence-corrected chi connectivity index (χ0v) is 10.8. The minimum absolute atomic E-state index is 0.103. The van der Waals surface area contributed by atoms with Gasteiger partial charge in [0.1, 0.15) is 12.4 Å². The van der Waals surface area contributed by atoms with E-state index in [2.05, 4.69) is 37.9 Å². The van der Waals surface area contributed by atoms with Crippen LogP contribution in [0, 0.1) is 17.2 Å². The van der Waals surface area contributed by atoms with Gasteiger partial charge in [0.15, 0.2) is 0 Å². The van der Waals surface area contributed by atoms with Gasteiger partial charge in [-0.3, -0.25) is 0 Å². The Bertz CT molecular complexity index is 339. The fourth-order valence-corrected chi connectivity index (χ4v) is 2.09. The van der Waals surface area contributed by atoms with Crippen LogP contribution in [0.3, 0.4) is 0 Å². The highest BCUT2D eigenvalue weighted by atomic mass is 79.9. The molecule has 0 aliphatic carbocycles. The van der Waals surface area contributed by atoms with Crippen LogP contribution in [0.4, 0.5) is 0 Å². The van der Waals surface area contributed by atoms with Crippen LogP contribution in [0.25, 0.3) is 0 Å². The molecule has 1 aromatic carbocycles. The number of benzene rings is 1. The summed E-state index contributed by atoms with van der Waals surface area (Å²) in [6.07, 6.45) is 0. The summed E-state index contributed by atoms with van der Waals surface area (Å²) in [5.41, 5.74) is 0. The molecule has 0 aromatic heterocycles. The molecule has 0 fully saturated rings. The first kappa shape index (κ1) is 11.5. The summed E-state index contributed by atoms with van der Waals surface area (Å²) in [4.78, 5) is 0. The summed E-state index contributed by atoms with van der Waals surface area (Å²) < 4.78 is 7.28. The Balaban J connectivity index is 2.72. The van der Waals surface area contributed by atoms with Crippen molar-refractivity contribution in [2.24, 2.45) is 5.92 Å². The third kappa shape index (κ3) is 3.00. The second kappa shape index (κ2) is 5.38. The Labute approximate surface area is 100 Å². The van der Waals surface area contributed by atoms with E-state index < -0.39 is 0 Å². The first-order valence-electron chi connectivity index (χ1n) is 4.11. The quantitative estimate of drug-likeness (QED) is 0.850. The first-order valence-corrected chi connectivity index (χ1v) is 5.70. The Morgan fingerprint density at radius 3 is 2.50 bits per heavy atom. The van der Waals surface area contributed by atoms with Crippen molar-refractivity contribution >= 4 is 31.9 Å². The average molecular weight is 319 g/mol. The third-order valence-corrected chi connectivity index (χ3v) is 2.87. The van der Waals surface area contributed by atoms with Crippen molar-refractivity contribution in [3.8, 4) is 11.8 Å². The van der Waals surface area contributed by atoms with Gasteiger partial charge in [0.05, 0.1) is 20.9 Å². The fraction of sp³-hybridized carbons (Fsp3) is 0.300. The molecule has 74 valence electrons. The Morgan fingerprint density at radius 1 is 1.43 bits per heavy atom. The standard InChI is InChI=1S/C10H9Br2NO/c1-7(5-13)6-14-10-8(11)3-2-4-9(10)12/h2-4,7H,6H2,1H3. The molecule has 14 heavy (non-hydrogen) atoms. The molecule has 0 saturated heterocycles. The van der Waals surface area contributed by atoms with Crippen LogP contribution in [0.1, 0.15) is 6.92 Å². The van der Waals surface area contributed by atoms with Crippen LogP contribution >= 0.6 is 31.9 Å². The Hall–Kier alpha value is -0.530. The minimum atomic E-state index is -0.103. The topological polar surface area (TPSA) is 33.0 Å². The predicted octanol–water partition coefficient (Wildman–Crippen LogP) is 3.75. The van der Waals surface area contributed by atoms with Crippen molar-refractivity contribution in [1.82, 2.24) is 0 Å². The van der Waals surface area contributed by atoms with Crippen molar-refractivity contribution < 1.29 is 4.74 Å². The summed E-state index contributed by atoms with van der Waals surface area (Å²) in [7, 11) is 0. The van der Waals surface area contributed by atoms with Gasteiger partial charge in [-0.2, -0.15) is 5.26 Å². The summed E-state index contributed by atoms with van der Waals surface area (Å²) in [5, 5.41) is 8.60. The highest BCUT2D eigenvalue weighted by molar-refractivity contribution is 9.11. The van der Waals surface area contributed by atoms with Crippen LogP contribution in [-0.4, -0.2) is 6.61 Å². The van der Waals surface area contributed by atoms with E-state index >= 15 is 0 Å². The number of ether oxygens (including phenoxy) is 1. The smallest absolute Gasteiger partial charge is 0.147 e. The number of rotatable bonds is 3. The highest BCUT2D eigenvalue weighted by Crippen LogP contribution is 2.33. The van der Waals surface area contributed by atoms with Gasteiger partial charge in [-0.1, -0.05) is 6.07 Å². The zero-order valence-electron chi connectivity index (χ0n) is 7.63. The van der Waals surface area contributed by atoms with E-state index in [1.807, 2.05) is 25.1 Å². The molecule has 0 bridgehead atoms. The minimum Gasteiger partial charge on any atom is -0.490 e. The molecule has 4 heteroatoms. The molecule has 2 nitrogen and oxygen atoms in total. The maximum absolute atomic E-state index is 8.60. The van der Waals surface area contributed by atoms with Gasteiger partial charge in [0.2, 0.25) is 0 Å². The van der Waals surface area contributed by atoms with Crippen molar-refractivity contribution in [2.45, 2.75) is 6.92 Å². The zero-order chi connectivity index (χ0) is 10.6. The molecule has 1 unspecified atom stereocenters. The lowest BCUT2D eigenvalue weighted by molar-refractivity contribution is 0.284. The summed E-state index contributed by atoms with van der Waals surface area (Å²) in [6, 6.07) is 7.83. The van der Waals surface area contributed by atoms with Crippen molar-refractivity contribution in [2.75, 3.05) is 6.61 Å². The lowest BCUT2D eigenvalue weighted by atomic mass is 10.2. The van der Waals surface area contributed by atoms with Crippen LogP contribution in [-0.2, 0) is 0 Å². The van der Waals surface area contributed by atoms with E-state index in [1.165, 1.54) is 0 Å². The van der Waals surface area contributed by atoms with Crippen molar-refractivity contribution in [3.05, 3.63) is 27.1 Å². The van der Waals surface area contributed by atoms with Crippen molar-refractivity contribution in [3.63, 3.8) is 0 Å². The molecule has 0 aliphatic rings. The molecule has 0 saturated carbocycles. The lowest BCUT2D eigenvalue weighted by Gasteiger charge is -2.10. The van der Waals surface area contributed by atoms with Gasteiger partial charge < -0.3 is 4.74 Å². The van der Waals surface area contributed by atoms with Gasteiger partial charge >= 0.3 is 0 Å². The number of nitrogens with zero attached hydrogens (tertiary/aromatic N) is 1. The normalized spacial score (nSPS) is 11.9. The number of hydrogen-bond acceptors (Lipinski definition) is 2. The maximum Gasteiger partial charge on any atom is 0.147 e. The largest absolute Gasteiger partial charge is 0.490 e. The molecule has 1 aromatic rings. The molecular formula is C10H9Br2NO. The Kier molecular flexibility index (Phi) is 4.43. The van der Waals surface area contributed by atoms with E-state index in [-0.39, 0.29) is 5.92 Å². The van der Waals surface area contributed by atoms with Crippen LogP contribution in [0.5, 0.6) is 5.75 Å². The SMILES string of the molecule is CC(C#N)COc1c(Br)cccc1Br. The van der Waals surface area contributed by atoms with Gasteiger partial charge in [-0.05, 0) is 50.9 Å². The molecular weight excluding hydrogens is 310 g/mol. The van der Waals surface area contributed by atoms with Crippen LogP contribution < -0.4 is 4.74 Å². The maximum atomic E-state index is 8.60. The van der Waals surface area contributed by atoms with E-state index in [4.69, 9.17) is 10.00 Å². The van der Waals surface area contributed by atoms with Crippen molar-refractivity contribution in [1.29, 1.82) is 5.26 Å². The molecule has 1 rings (SSSR count). The third-order valence-electron chi connectivity index (χ3n) is 1.62. The van der Waals surface area contributed by atoms with Gasteiger partial charge in [-0.25, -0.2) is 0 Å². The summed E-state index contributed by atoms with van der Waals surface area (Å²) in [6.45, 7) is 2.22. The number of para-hydroxylation sites is 1. The second-order valence-electron chi connectivity index (χ2n) is 2.89. The van der Waals surface area contributed by atoms with E-state index in [9.17, 15) is 0 Å². The van der Waals surface area contributed by atoms with E-state index in [0.717, 1.165) is 14.7 Å². The summed E-state index contributed by atoms with van der Waals surface area (Å²) >= 11 is 6.76. The molecule has 0 radical (unpaired) electrons. The fourth-order valence-electron chi connectivity index (χ4n) is 0.866. The van der Waals surface area contributed by atoms with E-state index in [1.54, 1.807) is 0 Å². The van der Waals surface area contributed by atoms with Crippen LogP contribution in [0.2, 0.25) is 0 Å². The molecule has 0 amide bonds. The van der Waals surface area contributed by atoms with E-state index in [0.29, 0.717) is 6.61 Å². The van der Waals surface area contributed by atoms with Gasteiger partial charge in [-0.15, -0.1) is 0 Å². The van der Waals surface area contributed by atoms with Crippen LogP contribution in [0.15, 0.2) is 27.1 Å². The number of hydrogen-bond donors (Lipinski definition) is 0. The monoisotopic (exact) mass is 317 g/mol. The van der Waals surface area contributed by atoms with Gasteiger partial charge in [0.25, 0.3) is 0 Å². The molecule has 0 spiro atoms. The number of nitriles is 1. The number of halogens is 2. The molecule has 0 aliphatic heterocycles. The Morgan fingerprint density at radius 2 is 2.00 bits per heavy atom. The second-order valence-corrected chi connectivity index (χ2v) is 4.60. The first-order chi connectivity index (χ1) is 6.65. The lowest BCUT2D eigenvalue weighted by Crippen LogP contribution is -2.06. The summed E-state index contributed by atoms with van der Waals surface area (Å²) in [5.74, 6) is 0.642. The molecule has 0 N–H and O–H groups in total. The van der Waals surface area contributed by atoms with Gasteiger partial charge in [0, 0.05) is 0 Å². The molecule has 1 atom stereocenters. The highest BCUT2D eigenvalue weighted by Gasteiger charge is 2.07. The average Bonchev–Trinajstić information content (AvgIpc) is 2.16. The predicted molar refractivity (Wildman–Crippen MR) is 62.1 cm³/mol. The molecule has 0 heterocycles.